The molecule has 0 amide bonds. The smallest absolute Gasteiger partial charge is 0.0576 e. The number of hydrogen-bond acceptors (Lipinski definition) is 1. The van der Waals surface area contributed by atoms with Crippen LogP contribution in [0.4, 0.5) is 0 Å². The van der Waals surface area contributed by atoms with E-state index in [1.165, 1.54) is 64.2 Å². The van der Waals surface area contributed by atoms with Crippen LogP contribution in [-0.2, 0) is 4.74 Å². The maximum Gasteiger partial charge on any atom is 0.0576 e. The molecule has 0 aromatic heterocycles. The minimum absolute atomic E-state index is 0.602. The van der Waals surface area contributed by atoms with Crippen molar-refractivity contribution in [3.63, 3.8) is 0 Å². The lowest BCUT2D eigenvalue weighted by Crippen LogP contribution is -2.08. The van der Waals surface area contributed by atoms with Crippen molar-refractivity contribution in [2.45, 2.75) is 75.1 Å². The van der Waals surface area contributed by atoms with Gasteiger partial charge in [-0.1, -0.05) is 48.0 Å². The van der Waals surface area contributed by atoms with E-state index in [0.717, 1.165) is 17.4 Å². The van der Waals surface area contributed by atoms with E-state index in [4.69, 9.17) is 4.74 Å². The average Bonchev–Trinajstić information content (AvgIpc) is 2.69. The van der Waals surface area contributed by atoms with Gasteiger partial charge in [-0.2, -0.15) is 0 Å². The van der Waals surface area contributed by atoms with Crippen molar-refractivity contribution in [3.05, 3.63) is 0 Å². The molecule has 3 unspecified atom stereocenters. The van der Waals surface area contributed by atoms with E-state index in [1.54, 1.807) is 0 Å². The van der Waals surface area contributed by atoms with Gasteiger partial charge in [0, 0.05) is 11.4 Å². The Morgan fingerprint density at radius 3 is 2.69 bits per heavy atom. The van der Waals surface area contributed by atoms with Gasteiger partial charge in [0.15, 0.2) is 0 Å². The topological polar surface area (TPSA) is 9.23 Å². The summed E-state index contributed by atoms with van der Waals surface area (Å²) < 4.78 is 5.68. The van der Waals surface area contributed by atoms with E-state index in [9.17, 15) is 0 Å². The molecule has 2 rings (SSSR count). The highest BCUT2D eigenvalue weighted by molar-refractivity contribution is 9.09. The molecule has 1 aliphatic heterocycles. The summed E-state index contributed by atoms with van der Waals surface area (Å²) in [4.78, 5) is 0.794. The van der Waals surface area contributed by atoms with E-state index in [-0.39, 0.29) is 0 Å². The Labute approximate surface area is 108 Å². The molecule has 2 aliphatic rings. The molecule has 0 spiro atoms. The summed E-state index contributed by atoms with van der Waals surface area (Å²) >= 11 is 3.81. The lowest BCUT2D eigenvalue weighted by atomic mass is 9.93. The molecule has 2 fully saturated rings. The fourth-order valence-electron chi connectivity index (χ4n) is 3.16. The molecule has 0 bridgehead atoms. The third-order valence-corrected chi connectivity index (χ3v) is 4.96. The van der Waals surface area contributed by atoms with Gasteiger partial charge < -0.3 is 4.74 Å². The van der Waals surface area contributed by atoms with Crippen LogP contribution >= 0.6 is 15.9 Å². The second kappa shape index (κ2) is 7.00. The molecule has 0 aromatic carbocycles. The predicted molar refractivity (Wildman–Crippen MR) is 72.1 cm³/mol. The van der Waals surface area contributed by atoms with E-state index < -0.39 is 0 Å². The molecule has 1 saturated carbocycles. The molecule has 0 radical (unpaired) electrons. The minimum atomic E-state index is 0.602. The third-order valence-electron chi connectivity index (χ3n) is 4.13. The zero-order valence-corrected chi connectivity index (χ0v) is 11.9. The highest BCUT2D eigenvalue weighted by atomic mass is 79.9. The summed E-state index contributed by atoms with van der Waals surface area (Å²) in [5.74, 6) is 0.980. The SMILES string of the molecule is BrC1CCCCC(CCCC2CCCO2)C1. The van der Waals surface area contributed by atoms with Gasteiger partial charge in [0.1, 0.15) is 0 Å². The molecule has 1 heterocycles. The first kappa shape index (κ1) is 12.9. The lowest BCUT2D eigenvalue weighted by Gasteiger charge is -2.17. The maximum atomic E-state index is 5.68. The van der Waals surface area contributed by atoms with Crippen molar-refractivity contribution >= 4 is 15.9 Å². The summed E-state index contributed by atoms with van der Waals surface area (Å²) in [6.07, 6.45) is 14.5. The highest BCUT2D eigenvalue weighted by Gasteiger charge is 2.19. The number of rotatable bonds is 4. The van der Waals surface area contributed by atoms with Crippen LogP contribution < -0.4 is 0 Å². The second-order valence-electron chi connectivity index (χ2n) is 5.55. The predicted octanol–water partition coefficient (Wildman–Crippen LogP) is 4.68. The van der Waals surface area contributed by atoms with Gasteiger partial charge in [-0.15, -0.1) is 0 Å². The molecule has 3 atom stereocenters. The fourth-order valence-corrected chi connectivity index (χ4v) is 4.02. The number of ether oxygens (including phenoxy) is 1. The molecule has 2 heteroatoms. The van der Waals surface area contributed by atoms with Crippen LogP contribution in [0.3, 0.4) is 0 Å². The Hall–Kier alpha value is 0.440. The first-order chi connectivity index (χ1) is 7.84. The summed E-state index contributed by atoms with van der Waals surface area (Å²) in [6, 6.07) is 0. The van der Waals surface area contributed by atoms with Crippen molar-refractivity contribution in [1.29, 1.82) is 0 Å². The summed E-state index contributed by atoms with van der Waals surface area (Å²) in [6.45, 7) is 1.01. The summed E-state index contributed by atoms with van der Waals surface area (Å²) in [5.41, 5.74) is 0. The molecule has 94 valence electrons. The molecular weight excluding hydrogens is 264 g/mol. The number of alkyl halides is 1. The average molecular weight is 289 g/mol. The van der Waals surface area contributed by atoms with Crippen LogP contribution in [0.2, 0.25) is 0 Å². The van der Waals surface area contributed by atoms with Gasteiger partial charge in [-0.3, -0.25) is 0 Å². The van der Waals surface area contributed by atoms with Gasteiger partial charge in [0.25, 0.3) is 0 Å². The van der Waals surface area contributed by atoms with E-state index in [2.05, 4.69) is 15.9 Å². The molecule has 0 aromatic rings. The Morgan fingerprint density at radius 1 is 1.00 bits per heavy atom. The summed E-state index contributed by atoms with van der Waals surface area (Å²) in [5, 5.41) is 0. The van der Waals surface area contributed by atoms with Crippen LogP contribution in [0.25, 0.3) is 0 Å². The van der Waals surface area contributed by atoms with Crippen molar-refractivity contribution in [1.82, 2.24) is 0 Å². The molecule has 1 aliphatic carbocycles. The lowest BCUT2D eigenvalue weighted by molar-refractivity contribution is 0.100. The van der Waals surface area contributed by atoms with Crippen LogP contribution in [0.15, 0.2) is 0 Å². The normalized spacial score (nSPS) is 36.2. The number of hydrogen-bond donors (Lipinski definition) is 0. The first-order valence-corrected chi connectivity index (χ1v) is 8.02. The molecule has 16 heavy (non-hydrogen) atoms. The quantitative estimate of drug-likeness (QED) is 0.539. The van der Waals surface area contributed by atoms with Gasteiger partial charge in [-0.05, 0) is 38.0 Å². The van der Waals surface area contributed by atoms with Crippen molar-refractivity contribution in [2.24, 2.45) is 5.92 Å². The molecule has 0 N–H and O–H groups in total. The van der Waals surface area contributed by atoms with Crippen molar-refractivity contribution < 1.29 is 4.74 Å². The van der Waals surface area contributed by atoms with E-state index in [1.807, 2.05) is 0 Å². The summed E-state index contributed by atoms with van der Waals surface area (Å²) in [7, 11) is 0. The second-order valence-corrected chi connectivity index (χ2v) is 6.84. The largest absolute Gasteiger partial charge is 0.378 e. The zero-order chi connectivity index (χ0) is 11.2. The maximum absolute atomic E-state index is 5.68. The van der Waals surface area contributed by atoms with Gasteiger partial charge in [-0.25, -0.2) is 0 Å². The highest BCUT2D eigenvalue weighted by Crippen LogP contribution is 2.31. The number of halogens is 1. The molecule has 1 nitrogen and oxygen atoms in total. The van der Waals surface area contributed by atoms with Crippen LogP contribution in [0, 0.1) is 5.92 Å². The van der Waals surface area contributed by atoms with Gasteiger partial charge in [0.05, 0.1) is 6.10 Å². The van der Waals surface area contributed by atoms with Crippen molar-refractivity contribution in [3.8, 4) is 0 Å². The Morgan fingerprint density at radius 2 is 1.88 bits per heavy atom. The fraction of sp³-hybridized carbons (Fsp3) is 1.00. The van der Waals surface area contributed by atoms with Gasteiger partial charge in [0.2, 0.25) is 0 Å². The monoisotopic (exact) mass is 288 g/mol. The Kier molecular flexibility index (Phi) is 5.64. The Bertz CT molecular complexity index is 189. The Balaban J connectivity index is 1.60. The van der Waals surface area contributed by atoms with E-state index in [0.29, 0.717) is 6.10 Å². The zero-order valence-electron chi connectivity index (χ0n) is 10.3. The first-order valence-electron chi connectivity index (χ1n) is 7.10. The van der Waals surface area contributed by atoms with Crippen LogP contribution in [0.1, 0.15) is 64.2 Å². The van der Waals surface area contributed by atoms with Crippen molar-refractivity contribution in [2.75, 3.05) is 6.61 Å². The van der Waals surface area contributed by atoms with Crippen LogP contribution in [0.5, 0.6) is 0 Å². The standard InChI is InChI=1S/C14H25BrO/c15-13-7-2-1-5-12(11-13)6-3-8-14-9-4-10-16-14/h12-14H,1-11H2. The molecule has 1 saturated heterocycles. The van der Waals surface area contributed by atoms with Gasteiger partial charge >= 0.3 is 0 Å². The minimum Gasteiger partial charge on any atom is -0.378 e. The van der Waals surface area contributed by atoms with E-state index >= 15 is 0 Å². The molecular formula is C14H25BrO. The third kappa shape index (κ3) is 4.37. The van der Waals surface area contributed by atoms with Crippen LogP contribution in [-0.4, -0.2) is 17.5 Å².